The number of nitrogens with one attached hydrogen (secondary N) is 2. The molecule has 3 heteroatoms. The lowest BCUT2D eigenvalue weighted by Gasteiger charge is -2.12. The van der Waals surface area contributed by atoms with E-state index in [1.165, 1.54) is 5.56 Å². The fourth-order valence-corrected chi connectivity index (χ4v) is 2.21. The zero-order chi connectivity index (χ0) is 15.2. The van der Waals surface area contributed by atoms with E-state index in [-0.39, 0.29) is 5.91 Å². The van der Waals surface area contributed by atoms with Crippen molar-refractivity contribution in [3.63, 3.8) is 0 Å². The van der Waals surface area contributed by atoms with E-state index in [0.29, 0.717) is 12.5 Å². The third kappa shape index (κ3) is 4.17. The summed E-state index contributed by atoms with van der Waals surface area (Å²) in [4.78, 5) is 12.1. The highest BCUT2D eigenvalue weighted by molar-refractivity contribution is 5.92. The Morgan fingerprint density at radius 3 is 2.38 bits per heavy atom. The molecule has 0 spiro atoms. The molecular formula is C18H22N2O. The molecule has 0 saturated heterocycles. The second kappa shape index (κ2) is 7.04. The molecule has 0 aromatic heterocycles. The molecule has 2 N–H and O–H groups in total. The average Bonchev–Trinajstić information content (AvgIpc) is 2.49. The summed E-state index contributed by atoms with van der Waals surface area (Å²) in [7, 11) is 1.93. The highest BCUT2D eigenvalue weighted by atomic mass is 16.1. The molecule has 0 aliphatic rings. The minimum Gasteiger partial charge on any atom is -0.326 e. The van der Waals surface area contributed by atoms with Crippen LogP contribution in [0, 0.1) is 6.92 Å². The van der Waals surface area contributed by atoms with E-state index >= 15 is 0 Å². The fraction of sp³-hybridized carbons (Fsp3) is 0.278. The Labute approximate surface area is 126 Å². The minimum absolute atomic E-state index is 0.0127. The summed E-state index contributed by atoms with van der Waals surface area (Å²) < 4.78 is 0. The van der Waals surface area contributed by atoms with Crippen LogP contribution in [0.4, 0.5) is 5.69 Å². The quantitative estimate of drug-likeness (QED) is 0.882. The first-order valence-electron chi connectivity index (χ1n) is 7.21. The van der Waals surface area contributed by atoms with Crippen LogP contribution >= 0.6 is 0 Å². The van der Waals surface area contributed by atoms with E-state index in [4.69, 9.17) is 0 Å². The Balaban J connectivity index is 1.98. The van der Waals surface area contributed by atoms with Crippen LogP contribution in [0.25, 0.3) is 0 Å². The van der Waals surface area contributed by atoms with E-state index in [9.17, 15) is 4.79 Å². The molecule has 110 valence electrons. The topological polar surface area (TPSA) is 41.1 Å². The van der Waals surface area contributed by atoms with Crippen molar-refractivity contribution in [3.8, 4) is 0 Å². The maximum atomic E-state index is 12.1. The molecule has 0 aliphatic carbocycles. The van der Waals surface area contributed by atoms with Crippen molar-refractivity contribution in [3.05, 3.63) is 65.2 Å². The van der Waals surface area contributed by atoms with Gasteiger partial charge in [0.1, 0.15) is 0 Å². The lowest BCUT2D eigenvalue weighted by atomic mass is 10.1. The van der Waals surface area contributed by atoms with Crippen LogP contribution in [-0.4, -0.2) is 13.0 Å². The molecule has 0 saturated carbocycles. The van der Waals surface area contributed by atoms with Crippen LogP contribution in [-0.2, 0) is 11.2 Å². The van der Waals surface area contributed by atoms with Gasteiger partial charge in [-0.3, -0.25) is 4.79 Å². The van der Waals surface area contributed by atoms with Crippen molar-refractivity contribution in [2.45, 2.75) is 26.3 Å². The van der Waals surface area contributed by atoms with E-state index < -0.39 is 0 Å². The van der Waals surface area contributed by atoms with Crippen LogP contribution in [0.15, 0.2) is 48.5 Å². The normalized spacial score (nSPS) is 12.0. The molecule has 0 heterocycles. The molecule has 2 rings (SSSR count). The van der Waals surface area contributed by atoms with Crippen molar-refractivity contribution in [1.29, 1.82) is 0 Å². The molecule has 0 bridgehead atoms. The van der Waals surface area contributed by atoms with Gasteiger partial charge in [0.2, 0.25) is 5.91 Å². The minimum atomic E-state index is 0.0127. The van der Waals surface area contributed by atoms with E-state index in [1.54, 1.807) is 0 Å². The Morgan fingerprint density at radius 1 is 1.10 bits per heavy atom. The number of benzene rings is 2. The first-order chi connectivity index (χ1) is 10.1. The van der Waals surface area contributed by atoms with Crippen LogP contribution in [0.1, 0.15) is 29.7 Å². The van der Waals surface area contributed by atoms with Gasteiger partial charge in [-0.25, -0.2) is 0 Å². The molecule has 2 aromatic carbocycles. The van der Waals surface area contributed by atoms with Crippen molar-refractivity contribution < 1.29 is 4.79 Å². The van der Waals surface area contributed by atoms with Crippen molar-refractivity contribution in [2.75, 3.05) is 12.4 Å². The maximum absolute atomic E-state index is 12.1. The Hall–Kier alpha value is -2.13. The molecule has 0 radical (unpaired) electrons. The molecule has 2 aromatic rings. The highest BCUT2D eigenvalue weighted by Gasteiger charge is 2.07. The largest absolute Gasteiger partial charge is 0.326 e. The molecule has 1 amide bonds. The highest BCUT2D eigenvalue weighted by Crippen LogP contribution is 2.16. The van der Waals surface area contributed by atoms with E-state index in [2.05, 4.69) is 17.6 Å². The summed E-state index contributed by atoms with van der Waals surface area (Å²) in [5, 5.41) is 6.14. The monoisotopic (exact) mass is 282 g/mol. The van der Waals surface area contributed by atoms with Gasteiger partial charge in [-0.2, -0.15) is 0 Å². The molecule has 21 heavy (non-hydrogen) atoms. The second-order valence-corrected chi connectivity index (χ2v) is 5.28. The lowest BCUT2D eigenvalue weighted by molar-refractivity contribution is -0.115. The van der Waals surface area contributed by atoms with Gasteiger partial charge in [0, 0.05) is 11.7 Å². The van der Waals surface area contributed by atoms with Crippen LogP contribution < -0.4 is 10.6 Å². The standard InChI is InChI=1S/C18H22N2O/c1-13-6-4-5-7-16(13)12-18(21)20-17-10-8-15(9-11-17)14(2)19-3/h4-11,14,19H,12H2,1-3H3,(H,20,21). The molecule has 0 aliphatic heterocycles. The summed E-state index contributed by atoms with van der Waals surface area (Å²) in [6.45, 7) is 4.13. The predicted octanol–water partition coefficient (Wildman–Crippen LogP) is 3.46. The Bertz CT molecular complexity index is 605. The SMILES string of the molecule is CNC(C)c1ccc(NC(=O)Cc2ccccc2C)cc1. The van der Waals surface area contributed by atoms with Crippen LogP contribution in [0.2, 0.25) is 0 Å². The number of rotatable bonds is 5. The summed E-state index contributed by atoms with van der Waals surface area (Å²) in [5.41, 5.74) is 4.25. The fourth-order valence-electron chi connectivity index (χ4n) is 2.21. The lowest BCUT2D eigenvalue weighted by Crippen LogP contribution is -2.15. The number of amides is 1. The van der Waals surface area contributed by atoms with Gasteiger partial charge in [0.05, 0.1) is 6.42 Å². The van der Waals surface area contributed by atoms with Crippen LogP contribution in [0.5, 0.6) is 0 Å². The van der Waals surface area contributed by atoms with Gasteiger partial charge in [-0.15, -0.1) is 0 Å². The number of aryl methyl sites for hydroxylation is 1. The van der Waals surface area contributed by atoms with Gasteiger partial charge in [-0.1, -0.05) is 36.4 Å². The average molecular weight is 282 g/mol. The number of anilines is 1. The first-order valence-corrected chi connectivity index (χ1v) is 7.21. The van der Waals surface area contributed by atoms with Crippen LogP contribution in [0.3, 0.4) is 0 Å². The van der Waals surface area contributed by atoms with Gasteiger partial charge in [0.15, 0.2) is 0 Å². The van der Waals surface area contributed by atoms with Gasteiger partial charge >= 0.3 is 0 Å². The summed E-state index contributed by atoms with van der Waals surface area (Å²) in [5.74, 6) is 0.0127. The number of carbonyl (C=O) groups excluding carboxylic acids is 1. The molecule has 1 atom stereocenters. The summed E-state index contributed by atoms with van der Waals surface area (Å²) in [6.07, 6.45) is 0.404. The second-order valence-electron chi connectivity index (χ2n) is 5.28. The van der Waals surface area contributed by atoms with Gasteiger partial charge < -0.3 is 10.6 Å². The first kappa shape index (κ1) is 15.3. The number of hydrogen-bond acceptors (Lipinski definition) is 2. The van der Waals surface area contributed by atoms with Crippen molar-refractivity contribution >= 4 is 11.6 Å². The van der Waals surface area contributed by atoms with Crippen molar-refractivity contribution in [1.82, 2.24) is 5.32 Å². The van der Waals surface area contributed by atoms with Gasteiger partial charge in [-0.05, 0) is 49.7 Å². The molecule has 1 unspecified atom stereocenters. The Kier molecular flexibility index (Phi) is 5.12. The smallest absolute Gasteiger partial charge is 0.228 e. The zero-order valence-electron chi connectivity index (χ0n) is 12.8. The van der Waals surface area contributed by atoms with E-state index in [1.807, 2.05) is 62.5 Å². The molecule has 0 fully saturated rings. The van der Waals surface area contributed by atoms with E-state index in [0.717, 1.165) is 16.8 Å². The summed E-state index contributed by atoms with van der Waals surface area (Å²) in [6, 6.07) is 16.2. The zero-order valence-corrected chi connectivity index (χ0v) is 12.8. The number of hydrogen-bond donors (Lipinski definition) is 2. The third-order valence-electron chi connectivity index (χ3n) is 3.74. The maximum Gasteiger partial charge on any atom is 0.228 e. The predicted molar refractivity (Wildman–Crippen MR) is 87.4 cm³/mol. The molecule has 3 nitrogen and oxygen atoms in total. The van der Waals surface area contributed by atoms with Gasteiger partial charge in [0.25, 0.3) is 0 Å². The summed E-state index contributed by atoms with van der Waals surface area (Å²) >= 11 is 0. The third-order valence-corrected chi connectivity index (χ3v) is 3.74. The molecular weight excluding hydrogens is 260 g/mol. The van der Waals surface area contributed by atoms with Crippen molar-refractivity contribution in [2.24, 2.45) is 0 Å². The Morgan fingerprint density at radius 2 is 1.76 bits per heavy atom. The number of carbonyl (C=O) groups is 1.